The van der Waals surface area contributed by atoms with Crippen LogP contribution in [-0.4, -0.2) is 28.3 Å². The van der Waals surface area contributed by atoms with Crippen LogP contribution in [0.25, 0.3) is 0 Å². The molecule has 0 amide bonds. The van der Waals surface area contributed by atoms with Crippen LogP contribution in [0.2, 0.25) is 0 Å². The largest absolute Gasteiger partial charge is 0.387 e. The number of nitrogens with one attached hydrogen (secondary N) is 1. The second-order valence-corrected chi connectivity index (χ2v) is 8.41. The molecule has 5 heteroatoms. The molecule has 3 rings (SSSR count). The van der Waals surface area contributed by atoms with E-state index in [2.05, 4.69) is 28.2 Å². The van der Waals surface area contributed by atoms with Crippen molar-refractivity contribution < 1.29 is 9.50 Å². The summed E-state index contributed by atoms with van der Waals surface area (Å²) in [6.07, 6.45) is 3.64. The average molecular weight is 374 g/mol. The Morgan fingerprint density at radius 3 is 2.95 bits per heavy atom. The second kappa shape index (κ2) is 6.19. The standard InChI is InChI=1S/C16H21BrFNOS/c1-2-21-15-5-6-16(15,20)9-19-14-4-3-11-12(14)7-10(17)8-13(11)18/h7-8,14-15,19-20H,2-6,9H2,1H3/t14-,15+,16+/m0/s1. The van der Waals surface area contributed by atoms with Crippen LogP contribution in [0.3, 0.4) is 0 Å². The summed E-state index contributed by atoms with van der Waals surface area (Å²) in [7, 11) is 0. The van der Waals surface area contributed by atoms with E-state index in [0.29, 0.717) is 11.8 Å². The number of hydrogen-bond acceptors (Lipinski definition) is 3. The fourth-order valence-electron chi connectivity index (χ4n) is 3.39. The Labute approximate surface area is 138 Å². The number of halogens is 2. The lowest BCUT2D eigenvalue weighted by Gasteiger charge is -2.45. The van der Waals surface area contributed by atoms with E-state index in [1.807, 2.05) is 17.8 Å². The van der Waals surface area contributed by atoms with Crippen molar-refractivity contribution in [2.75, 3.05) is 12.3 Å². The third-order valence-electron chi connectivity index (χ3n) is 4.71. The van der Waals surface area contributed by atoms with Gasteiger partial charge in [0.05, 0.1) is 5.60 Å². The maximum Gasteiger partial charge on any atom is 0.127 e. The molecular weight excluding hydrogens is 353 g/mol. The number of aliphatic hydroxyl groups is 1. The Kier molecular flexibility index (Phi) is 4.65. The van der Waals surface area contributed by atoms with E-state index in [0.717, 1.165) is 47.0 Å². The molecule has 116 valence electrons. The zero-order chi connectivity index (χ0) is 15.0. The van der Waals surface area contributed by atoms with Gasteiger partial charge in [0, 0.05) is 22.3 Å². The van der Waals surface area contributed by atoms with E-state index in [1.54, 1.807) is 0 Å². The minimum Gasteiger partial charge on any atom is -0.387 e. The molecule has 0 aliphatic heterocycles. The van der Waals surface area contributed by atoms with Crippen molar-refractivity contribution in [3.8, 4) is 0 Å². The molecule has 0 unspecified atom stereocenters. The van der Waals surface area contributed by atoms with E-state index in [1.165, 1.54) is 6.07 Å². The predicted octanol–water partition coefficient (Wildman–Crippen LogP) is 3.81. The van der Waals surface area contributed by atoms with E-state index in [4.69, 9.17) is 0 Å². The highest BCUT2D eigenvalue weighted by Gasteiger charge is 2.45. The highest BCUT2D eigenvalue weighted by molar-refractivity contribution is 9.10. The Balaban J connectivity index is 1.66. The zero-order valence-electron chi connectivity index (χ0n) is 12.2. The molecule has 2 aliphatic carbocycles. The van der Waals surface area contributed by atoms with Crippen molar-refractivity contribution in [3.05, 3.63) is 33.5 Å². The lowest BCUT2D eigenvalue weighted by molar-refractivity contribution is -0.0253. The Bertz CT molecular complexity index is 541. The third kappa shape index (κ3) is 3.03. The average Bonchev–Trinajstić information content (AvgIpc) is 2.84. The number of benzene rings is 1. The number of rotatable bonds is 5. The van der Waals surface area contributed by atoms with Crippen LogP contribution in [0, 0.1) is 5.82 Å². The summed E-state index contributed by atoms with van der Waals surface area (Å²) in [5.41, 5.74) is 1.29. The molecule has 21 heavy (non-hydrogen) atoms. The molecule has 0 bridgehead atoms. The van der Waals surface area contributed by atoms with Crippen LogP contribution < -0.4 is 5.32 Å². The summed E-state index contributed by atoms with van der Waals surface area (Å²) in [4.78, 5) is 0. The minimum atomic E-state index is -0.589. The first-order chi connectivity index (χ1) is 10.0. The van der Waals surface area contributed by atoms with Gasteiger partial charge in [0.25, 0.3) is 0 Å². The quantitative estimate of drug-likeness (QED) is 0.822. The topological polar surface area (TPSA) is 32.3 Å². The van der Waals surface area contributed by atoms with Gasteiger partial charge in [-0.1, -0.05) is 22.9 Å². The Morgan fingerprint density at radius 2 is 2.29 bits per heavy atom. The van der Waals surface area contributed by atoms with Gasteiger partial charge in [0.15, 0.2) is 0 Å². The maximum absolute atomic E-state index is 13.9. The lowest BCUT2D eigenvalue weighted by Crippen LogP contribution is -2.56. The van der Waals surface area contributed by atoms with Gasteiger partial charge in [-0.15, -0.1) is 0 Å². The molecule has 0 spiro atoms. The highest BCUT2D eigenvalue weighted by atomic mass is 79.9. The van der Waals surface area contributed by atoms with Crippen molar-refractivity contribution in [2.45, 2.75) is 49.5 Å². The second-order valence-electron chi connectivity index (χ2n) is 6.01. The number of thioether (sulfide) groups is 1. The summed E-state index contributed by atoms with van der Waals surface area (Å²) in [6.45, 7) is 2.73. The summed E-state index contributed by atoms with van der Waals surface area (Å²) in [5.74, 6) is 0.919. The molecular formula is C16H21BrFNOS. The molecule has 0 radical (unpaired) electrons. The van der Waals surface area contributed by atoms with Crippen molar-refractivity contribution in [1.82, 2.24) is 5.32 Å². The first-order valence-corrected chi connectivity index (χ1v) is 9.43. The van der Waals surface area contributed by atoms with Crippen LogP contribution in [0.4, 0.5) is 4.39 Å². The van der Waals surface area contributed by atoms with Crippen LogP contribution in [-0.2, 0) is 6.42 Å². The van der Waals surface area contributed by atoms with Gasteiger partial charge in [-0.2, -0.15) is 11.8 Å². The van der Waals surface area contributed by atoms with E-state index >= 15 is 0 Å². The number of hydrogen-bond donors (Lipinski definition) is 2. The predicted molar refractivity (Wildman–Crippen MR) is 89.3 cm³/mol. The van der Waals surface area contributed by atoms with Gasteiger partial charge < -0.3 is 10.4 Å². The number of fused-ring (bicyclic) bond motifs is 1. The van der Waals surface area contributed by atoms with Crippen molar-refractivity contribution in [2.24, 2.45) is 0 Å². The molecule has 1 aromatic carbocycles. The van der Waals surface area contributed by atoms with Crippen LogP contribution >= 0.6 is 27.7 Å². The van der Waals surface area contributed by atoms with Crippen molar-refractivity contribution in [3.63, 3.8) is 0 Å². The fraction of sp³-hybridized carbons (Fsp3) is 0.625. The smallest absolute Gasteiger partial charge is 0.127 e. The molecule has 0 aromatic heterocycles. The molecule has 1 fully saturated rings. The fourth-order valence-corrected chi connectivity index (χ4v) is 5.04. The van der Waals surface area contributed by atoms with Crippen LogP contribution in [0.15, 0.2) is 16.6 Å². The van der Waals surface area contributed by atoms with Crippen LogP contribution in [0.5, 0.6) is 0 Å². The SMILES string of the molecule is CCS[C@@H]1CC[C@@]1(O)CN[C@H]1CCc2c(F)cc(Br)cc21. The highest BCUT2D eigenvalue weighted by Crippen LogP contribution is 2.42. The van der Waals surface area contributed by atoms with Crippen LogP contribution in [0.1, 0.15) is 43.4 Å². The zero-order valence-corrected chi connectivity index (χ0v) is 14.6. The summed E-state index contributed by atoms with van der Waals surface area (Å²) in [5, 5.41) is 14.5. The normalized spacial score (nSPS) is 31.0. The monoisotopic (exact) mass is 373 g/mol. The van der Waals surface area contributed by atoms with E-state index in [-0.39, 0.29) is 11.9 Å². The molecule has 2 aliphatic rings. The minimum absolute atomic E-state index is 0.120. The van der Waals surface area contributed by atoms with Gasteiger partial charge in [-0.25, -0.2) is 4.39 Å². The van der Waals surface area contributed by atoms with E-state index in [9.17, 15) is 9.50 Å². The molecule has 0 saturated heterocycles. The Hall–Kier alpha value is -0.100. The third-order valence-corrected chi connectivity index (χ3v) is 6.58. The molecule has 3 atom stereocenters. The lowest BCUT2D eigenvalue weighted by atomic mass is 9.79. The molecule has 0 heterocycles. The maximum atomic E-state index is 13.9. The first kappa shape index (κ1) is 15.8. The molecule has 2 nitrogen and oxygen atoms in total. The van der Waals surface area contributed by atoms with Gasteiger partial charge in [0.2, 0.25) is 0 Å². The summed E-state index contributed by atoms with van der Waals surface area (Å²) >= 11 is 5.21. The Morgan fingerprint density at radius 1 is 1.48 bits per heavy atom. The van der Waals surface area contributed by atoms with Gasteiger partial charge >= 0.3 is 0 Å². The molecule has 1 saturated carbocycles. The van der Waals surface area contributed by atoms with Gasteiger partial charge in [-0.3, -0.25) is 0 Å². The van der Waals surface area contributed by atoms with Gasteiger partial charge in [0.1, 0.15) is 5.82 Å². The van der Waals surface area contributed by atoms with Crippen molar-refractivity contribution >= 4 is 27.7 Å². The van der Waals surface area contributed by atoms with Crippen molar-refractivity contribution in [1.29, 1.82) is 0 Å². The van der Waals surface area contributed by atoms with Gasteiger partial charge in [-0.05, 0) is 54.7 Å². The summed E-state index contributed by atoms with van der Waals surface area (Å²) in [6, 6.07) is 3.70. The summed E-state index contributed by atoms with van der Waals surface area (Å²) < 4.78 is 14.7. The van der Waals surface area contributed by atoms with E-state index < -0.39 is 5.60 Å². The first-order valence-electron chi connectivity index (χ1n) is 7.58. The molecule has 2 N–H and O–H groups in total. The molecule has 1 aromatic rings.